The zero-order valence-electron chi connectivity index (χ0n) is 15.2. The number of nitrogens with two attached hydrogens (primary N) is 1. The highest BCUT2D eigenvalue weighted by atomic mass is 16.2. The predicted molar refractivity (Wildman–Crippen MR) is 107 cm³/mol. The van der Waals surface area contributed by atoms with Crippen LogP contribution < -0.4 is 16.6 Å². The fraction of sp³-hybridized carbons (Fsp3) is 0.143. The molecule has 1 aromatic heterocycles. The van der Waals surface area contributed by atoms with Gasteiger partial charge in [-0.25, -0.2) is 4.68 Å². The maximum Gasteiger partial charge on any atom is 0.266 e. The minimum atomic E-state index is -0.520. The van der Waals surface area contributed by atoms with E-state index in [1.54, 1.807) is 30.3 Å². The number of benzene rings is 2. The van der Waals surface area contributed by atoms with Crippen LogP contribution in [0.2, 0.25) is 0 Å². The van der Waals surface area contributed by atoms with E-state index in [0.717, 1.165) is 5.56 Å². The third-order valence-electron chi connectivity index (χ3n) is 4.16. The van der Waals surface area contributed by atoms with Crippen molar-refractivity contribution in [3.05, 3.63) is 82.6 Å². The van der Waals surface area contributed by atoms with Gasteiger partial charge in [0, 0.05) is 35.8 Å². The van der Waals surface area contributed by atoms with Gasteiger partial charge in [-0.15, -0.1) is 0 Å². The molecule has 1 heterocycles. The van der Waals surface area contributed by atoms with Crippen molar-refractivity contribution in [3.8, 4) is 11.3 Å². The molecule has 3 N–H and O–H groups in total. The molecule has 28 heavy (non-hydrogen) atoms. The van der Waals surface area contributed by atoms with E-state index in [1.807, 2.05) is 30.3 Å². The van der Waals surface area contributed by atoms with Crippen molar-refractivity contribution in [1.82, 2.24) is 9.78 Å². The van der Waals surface area contributed by atoms with Crippen molar-refractivity contribution in [3.63, 3.8) is 0 Å². The zero-order valence-corrected chi connectivity index (χ0v) is 15.2. The smallest absolute Gasteiger partial charge is 0.266 e. The number of hydrogen-bond donors (Lipinski definition) is 2. The number of carbonyl (C=O) groups excluding carboxylic acids is 2. The van der Waals surface area contributed by atoms with Gasteiger partial charge in [-0.1, -0.05) is 30.3 Å². The molecule has 0 saturated carbocycles. The number of anilines is 1. The van der Waals surface area contributed by atoms with E-state index in [4.69, 9.17) is 5.73 Å². The summed E-state index contributed by atoms with van der Waals surface area (Å²) in [5, 5.41) is 7.13. The van der Waals surface area contributed by atoms with Gasteiger partial charge in [-0.2, -0.15) is 5.10 Å². The first-order valence-corrected chi connectivity index (χ1v) is 8.86. The summed E-state index contributed by atoms with van der Waals surface area (Å²) in [5.74, 6) is -0.701. The minimum absolute atomic E-state index is 0.181. The van der Waals surface area contributed by atoms with Gasteiger partial charge in [0.25, 0.3) is 5.56 Å². The summed E-state index contributed by atoms with van der Waals surface area (Å²) in [7, 11) is 0. The van der Waals surface area contributed by atoms with E-state index in [2.05, 4.69) is 10.4 Å². The molecule has 2 aromatic carbocycles. The number of amides is 2. The lowest BCUT2D eigenvalue weighted by Gasteiger charge is -2.08. The molecule has 0 aliphatic heterocycles. The van der Waals surface area contributed by atoms with Gasteiger partial charge < -0.3 is 11.1 Å². The molecule has 7 heteroatoms. The molecule has 3 rings (SSSR count). The van der Waals surface area contributed by atoms with Crippen molar-refractivity contribution in [1.29, 1.82) is 0 Å². The SMILES string of the molecule is NC(=O)c1ccc(NC(=O)CCCn2nc(-c3ccccc3)ccc2=O)cc1. The average molecular weight is 376 g/mol. The van der Waals surface area contributed by atoms with E-state index >= 15 is 0 Å². The van der Waals surface area contributed by atoms with Crippen LogP contribution in [0.4, 0.5) is 5.69 Å². The van der Waals surface area contributed by atoms with Crippen molar-refractivity contribution in [2.24, 2.45) is 5.73 Å². The number of hydrogen-bond acceptors (Lipinski definition) is 4. The molecule has 0 spiro atoms. The summed E-state index contributed by atoms with van der Waals surface area (Å²) in [4.78, 5) is 35.2. The maximum absolute atomic E-state index is 12.1. The standard InChI is InChI=1S/C21H20N4O3/c22-21(28)16-8-10-17(11-9-16)23-19(26)7-4-14-25-20(27)13-12-18(24-25)15-5-2-1-3-6-15/h1-3,5-6,8-13H,4,7,14H2,(H2,22,28)(H,23,26). The lowest BCUT2D eigenvalue weighted by Crippen LogP contribution is -2.23. The first kappa shape index (κ1) is 19.0. The van der Waals surface area contributed by atoms with E-state index < -0.39 is 5.91 Å². The van der Waals surface area contributed by atoms with E-state index in [1.165, 1.54) is 10.7 Å². The summed E-state index contributed by atoms with van der Waals surface area (Å²) < 4.78 is 1.37. The van der Waals surface area contributed by atoms with Crippen LogP contribution in [-0.4, -0.2) is 21.6 Å². The van der Waals surface area contributed by atoms with Crippen LogP contribution in [0.3, 0.4) is 0 Å². The Morgan fingerprint density at radius 1 is 0.964 bits per heavy atom. The topological polar surface area (TPSA) is 107 Å². The Bertz CT molecular complexity index is 1030. The fourth-order valence-corrected chi connectivity index (χ4v) is 2.70. The third-order valence-corrected chi connectivity index (χ3v) is 4.16. The predicted octanol–water partition coefficient (Wildman–Crippen LogP) is 2.43. The molecule has 7 nitrogen and oxygen atoms in total. The molecule has 0 radical (unpaired) electrons. The molecule has 0 aliphatic carbocycles. The molecule has 0 fully saturated rings. The molecular weight excluding hydrogens is 356 g/mol. The van der Waals surface area contributed by atoms with Gasteiger partial charge in [0.15, 0.2) is 0 Å². The number of primary amides is 1. The van der Waals surface area contributed by atoms with E-state index in [-0.39, 0.29) is 17.9 Å². The van der Waals surface area contributed by atoms with Gasteiger partial charge in [0.05, 0.1) is 5.69 Å². The van der Waals surface area contributed by atoms with E-state index in [0.29, 0.717) is 29.9 Å². The highest BCUT2D eigenvalue weighted by Gasteiger charge is 2.07. The first-order valence-electron chi connectivity index (χ1n) is 8.86. The Labute approximate surface area is 161 Å². The largest absolute Gasteiger partial charge is 0.366 e. The summed E-state index contributed by atoms with van der Waals surface area (Å²) in [6, 6.07) is 19.1. The minimum Gasteiger partial charge on any atom is -0.366 e. The second kappa shape index (κ2) is 8.77. The fourth-order valence-electron chi connectivity index (χ4n) is 2.70. The zero-order chi connectivity index (χ0) is 19.9. The van der Waals surface area contributed by atoms with Crippen LogP contribution in [0, 0.1) is 0 Å². The van der Waals surface area contributed by atoms with Crippen molar-refractivity contribution >= 4 is 17.5 Å². The van der Waals surface area contributed by atoms with Crippen LogP contribution in [0.1, 0.15) is 23.2 Å². The number of aromatic nitrogens is 2. The molecule has 0 atom stereocenters. The summed E-state index contributed by atoms with van der Waals surface area (Å²) in [6.07, 6.45) is 0.706. The Hall–Kier alpha value is -3.74. The number of aryl methyl sites for hydroxylation is 1. The van der Waals surface area contributed by atoms with Crippen LogP contribution in [-0.2, 0) is 11.3 Å². The molecule has 142 valence electrons. The first-order chi connectivity index (χ1) is 13.5. The lowest BCUT2D eigenvalue weighted by atomic mass is 10.1. The maximum atomic E-state index is 12.1. The number of nitrogens with one attached hydrogen (secondary N) is 1. The second-order valence-electron chi connectivity index (χ2n) is 6.24. The Morgan fingerprint density at radius 3 is 2.36 bits per heavy atom. The molecule has 0 saturated heterocycles. The van der Waals surface area contributed by atoms with Crippen LogP contribution in [0.25, 0.3) is 11.3 Å². The normalized spacial score (nSPS) is 10.4. The molecule has 0 aliphatic rings. The van der Waals surface area contributed by atoms with Crippen LogP contribution in [0.15, 0.2) is 71.5 Å². The van der Waals surface area contributed by atoms with Gasteiger partial charge in [0.1, 0.15) is 0 Å². The van der Waals surface area contributed by atoms with Crippen LogP contribution in [0.5, 0.6) is 0 Å². The van der Waals surface area contributed by atoms with Gasteiger partial charge >= 0.3 is 0 Å². The second-order valence-corrected chi connectivity index (χ2v) is 6.24. The average Bonchev–Trinajstić information content (AvgIpc) is 2.70. The van der Waals surface area contributed by atoms with Gasteiger partial charge in [0.2, 0.25) is 11.8 Å². The molecule has 0 unspecified atom stereocenters. The molecule has 3 aromatic rings. The van der Waals surface area contributed by atoms with Crippen LogP contribution >= 0.6 is 0 Å². The monoisotopic (exact) mass is 376 g/mol. The molecule has 2 amide bonds. The lowest BCUT2D eigenvalue weighted by molar-refractivity contribution is -0.116. The summed E-state index contributed by atoms with van der Waals surface area (Å²) in [5.41, 5.74) is 7.57. The number of carbonyl (C=O) groups is 2. The highest BCUT2D eigenvalue weighted by molar-refractivity contribution is 5.94. The number of rotatable bonds is 7. The number of nitrogens with zero attached hydrogens (tertiary/aromatic N) is 2. The Kier molecular flexibility index (Phi) is 5.96. The van der Waals surface area contributed by atoms with Crippen molar-refractivity contribution < 1.29 is 9.59 Å². The highest BCUT2D eigenvalue weighted by Crippen LogP contribution is 2.14. The van der Waals surface area contributed by atoms with Gasteiger partial charge in [-0.3, -0.25) is 14.4 Å². The van der Waals surface area contributed by atoms with Crippen molar-refractivity contribution in [2.75, 3.05) is 5.32 Å². The Morgan fingerprint density at radius 2 is 1.68 bits per heavy atom. The molecule has 0 bridgehead atoms. The Balaban J connectivity index is 1.56. The summed E-state index contributed by atoms with van der Waals surface area (Å²) >= 11 is 0. The van der Waals surface area contributed by atoms with Gasteiger partial charge in [-0.05, 0) is 36.8 Å². The van der Waals surface area contributed by atoms with E-state index in [9.17, 15) is 14.4 Å². The quantitative estimate of drug-likeness (QED) is 0.660. The third kappa shape index (κ3) is 4.91. The van der Waals surface area contributed by atoms with Crippen molar-refractivity contribution in [2.45, 2.75) is 19.4 Å². The molecular formula is C21H20N4O3. The summed E-state index contributed by atoms with van der Waals surface area (Å²) in [6.45, 7) is 0.341.